The predicted octanol–water partition coefficient (Wildman–Crippen LogP) is 2.00. The van der Waals surface area contributed by atoms with Crippen LogP contribution in [0.25, 0.3) is 11.1 Å². The zero-order chi connectivity index (χ0) is 12.5. The van der Waals surface area contributed by atoms with Crippen molar-refractivity contribution in [2.24, 2.45) is 5.73 Å². The third-order valence-corrected chi connectivity index (χ3v) is 3.34. The molecule has 1 unspecified atom stereocenters. The van der Waals surface area contributed by atoms with Crippen molar-refractivity contribution in [3.05, 3.63) is 36.3 Å². The van der Waals surface area contributed by atoms with Crippen LogP contribution in [0.1, 0.15) is 12.5 Å². The van der Waals surface area contributed by atoms with Crippen LogP contribution in [-0.4, -0.2) is 22.9 Å². The minimum absolute atomic E-state index is 0.229. The Morgan fingerprint density at radius 3 is 2.89 bits per heavy atom. The number of nitrogens with two attached hydrogens (primary N) is 1. The van der Waals surface area contributed by atoms with Crippen molar-refractivity contribution >= 4 is 5.82 Å². The Bertz CT molecular complexity index is 547. The number of anilines is 1. The highest BCUT2D eigenvalue weighted by atomic mass is 19.1. The van der Waals surface area contributed by atoms with E-state index in [-0.39, 0.29) is 11.9 Å². The third kappa shape index (κ3) is 1.76. The van der Waals surface area contributed by atoms with Crippen LogP contribution >= 0.6 is 0 Å². The van der Waals surface area contributed by atoms with Crippen molar-refractivity contribution in [1.29, 1.82) is 0 Å². The highest BCUT2D eigenvalue weighted by Gasteiger charge is 2.22. The minimum Gasteiger partial charge on any atom is -0.370 e. The van der Waals surface area contributed by atoms with Crippen LogP contribution in [0.5, 0.6) is 0 Å². The van der Waals surface area contributed by atoms with Gasteiger partial charge in [-0.3, -0.25) is 0 Å². The molecule has 0 amide bonds. The first-order chi connectivity index (χ1) is 8.79. The lowest BCUT2D eigenvalue weighted by atomic mass is 10.1. The molecule has 2 aromatic rings. The van der Waals surface area contributed by atoms with Crippen molar-refractivity contribution in [2.45, 2.75) is 12.5 Å². The van der Waals surface area contributed by atoms with Crippen LogP contribution in [0.15, 0.2) is 30.5 Å². The molecule has 4 nitrogen and oxygen atoms in total. The molecule has 0 bridgehead atoms. The molecule has 0 saturated heterocycles. The van der Waals surface area contributed by atoms with Gasteiger partial charge in [-0.25, -0.2) is 9.07 Å². The number of aromatic nitrogens is 2. The Kier molecular flexibility index (Phi) is 2.76. The number of nitrogens with zero attached hydrogens (tertiary/aromatic N) is 2. The fourth-order valence-electron chi connectivity index (χ4n) is 2.35. The smallest absolute Gasteiger partial charge is 0.132 e. The summed E-state index contributed by atoms with van der Waals surface area (Å²) in [7, 11) is 0. The molecule has 94 valence electrons. The maximum atomic E-state index is 12.9. The fraction of sp³-hybridized carbons (Fsp3) is 0.308. The number of hydrogen-bond donors (Lipinski definition) is 2. The fourth-order valence-corrected chi connectivity index (χ4v) is 2.35. The van der Waals surface area contributed by atoms with Gasteiger partial charge >= 0.3 is 0 Å². The second-order valence-electron chi connectivity index (χ2n) is 4.46. The molecule has 1 atom stereocenters. The maximum Gasteiger partial charge on any atom is 0.132 e. The van der Waals surface area contributed by atoms with Crippen molar-refractivity contribution in [1.82, 2.24) is 9.78 Å². The number of nitrogens with one attached hydrogen (secondary N) is 1. The van der Waals surface area contributed by atoms with Gasteiger partial charge in [-0.15, -0.1) is 0 Å². The largest absolute Gasteiger partial charge is 0.370 e. The highest BCUT2D eigenvalue weighted by Crippen LogP contribution is 2.32. The third-order valence-electron chi connectivity index (χ3n) is 3.34. The second-order valence-corrected chi connectivity index (χ2v) is 4.46. The molecule has 0 fully saturated rings. The maximum absolute atomic E-state index is 12.9. The summed E-state index contributed by atoms with van der Waals surface area (Å²) in [5.74, 6) is 0.746. The summed E-state index contributed by atoms with van der Waals surface area (Å²) in [5.41, 5.74) is 7.70. The summed E-state index contributed by atoms with van der Waals surface area (Å²) in [6.45, 7) is 1.47. The quantitative estimate of drug-likeness (QED) is 0.852. The van der Waals surface area contributed by atoms with E-state index < -0.39 is 0 Å². The number of fused-ring (bicyclic) bond motifs is 1. The standard InChI is InChI=1S/C13H15FN4/c14-10-3-1-9(2-4-10)12-8-17-18-11(7-15)5-6-16-13(12)18/h1-4,8,11,16H,5-7,15H2. The second kappa shape index (κ2) is 4.42. The molecule has 1 aromatic heterocycles. The molecule has 1 aliphatic heterocycles. The van der Waals surface area contributed by atoms with Gasteiger partial charge in [0.25, 0.3) is 0 Å². The summed E-state index contributed by atoms with van der Waals surface area (Å²) in [4.78, 5) is 0. The van der Waals surface area contributed by atoms with Gasteiger partial charge < -0.3 is 11.1 Å². The minimum atomic E-state index is -0.229. The Hall–Kier alpha value is -1.88. The highest BCUT2D eigenvalue weighted by molar-refractivity contribution is 5.75. The van der Waals surface area contributed by atoms with Crippen LogP contribution in [-0.2, 0) is 0 Å². The lowest BCUT2D eigenvalue weighted by Crippen LogP contribution is -2.28. The van der Waals surface area contributed by atoms with Crippen molar-refractivity contribution in [2.75, 3.05) is 18.4 Å². The summed E-state index contributed by atoms with van der Waals surface area (Å²) >= 11 is 0. The van der Waals surface area contributed by atoms with Gasteiger partial charge in [-0.1, -0.05) is 12.1 Å². The van der Waals surface area contributed by atoms with E-state index in [2.05, 4.69) is 10.4 Å². The Morgan fingerprint density at radius 2 is 2.17 bits per heavy atom. The molecule has 0 aliphatic carbocycles. The first-order valence-electron chi connectivity index (χ1n) is 6.07. The van der Waals surface area contributed by atoms with Crippen molar-refractivity contribution in [3.8, 4) is 11.1 Å². The number of benzene rings is 1. The molecule has 0 saturated carbocycles. The van der Waals surface area contributed by atoms with E-state index in [1.54, 1.807) is 12.1 Å². The van der Waals surface area contributed by atoms with E-state index in [0.29, 0.717) is 6.54 Å². The van der Waals surface area contributed by atoms with Crippen LogP contribution in [0.2, 0.25) is 0 Å². The summed E-state index contributed by atoms with van der Waals surface area (Å²) in [6, 6.07) is 6.70. The van der Waals surface area contributed by atoms with E-state index in [0.717, 1.165) is 29.9 Å². The van der Waals surface area contributed by atoms with E-state index in [1.165, 1.54) is 12.1 Å². The van der Waals surface area contributed by atoms with Gasteiger partial charge in [0.15, 0.2) is 0 Å². The van der Waals surface area contributed by atoms with Crippen LogP contribution < -0.4 is 11.1 Å². The van der Waals surface area contributed by atoms with Crippen LogP contribution in [0.3, 0.4) is 0 Å². The van der Waals surface area contributed by atoms with E-state index in [1.807, 2.05) is 10.9 Å². The summed E-state index contributed by atoms with van der Waals surface area (Å²) < 4.78 is 14.9. The topological polar surface area (TPSA) is 55.9 Å². The molecule has 0 radical (unpaired) electrons. The molecular weight excluding hydrogens is 231 g/mol. The average molecular weight is 246 g/mol. The monoisotopic (exact) mass is 246 g/mol. The van der Waals surface area contributed by atoms with Gasteiger partial charge in [-0.05, 0) is 24.1 Å². The zero-order valence-electron chi connectivity index (χ0n) is 9.94. The first-order valence-corrected chi connectivity index (χ1v) is 6.07. The van der Waals surface area contributed by atoms with Crippen molar-refractivity contribution in [3.63, 3.8) is 0 Å². The molecular formula is C13H15FN4. The lowest BCUT2D eigenvalue weighted by molar-refractivity contribution is 0.428. The number of rotatable bonds is 2. The van der Waals surface area contributed by atoms with E-state index in [4.69, 9.17) is 5.73 Å². The van der Waals surface area contributed by atoms with Gasteiger partial charge in [0.2, 0.25) is 0 Å². The summed E-state index contributed by atoms with van der Waals surface area (Å²) in [5, 5.41) is 7.73. The van der Waals surface area contributed by atoms with E-state index in [9.17, 15) is 4.39 Å². The number of hydrogen-bond acceptors (Lipinski definition) is 3. The summed E-state index contributed by atoms with van der Waals surface area (Å²) in [6.07, 6.45) is 2.79. The molecule has 3 rings (SSSR count). The van der Waals surface area contributed by atoms with Crippen LogP contribution in [0.4, 0.5) is 10.2 Å². The Labute approximate surface area is 105 Å². The number of halogens is 1. The Morgan fingerprint density at radius 1 is 1.39 bits per heavy atom. The van der Waals surface area contributed by atoms with Gasteiger partial charge in [0.1, 0.15) is 11.6 Å². The van der Waals surface area contributed by atoms with Gasteiger partial charge in [0, 0.05) is 18.7 Å². The average Bonchev–Trinajstić information content (AvgIpc) is 2.83. The normalized spacial score (nSPS) is 18.2. The van der Waals surface area contributed by atoms with Gasteiger partial charge in [-0.2, -0.15) is 5.10 Å². The Balaban J connectivity index is 2.04. The first kappa shape index (κ1) is 11.2. The molecule has 1 aliphatic rings. The molecule has 2 heterocycles. The molecule has 1 aromatic carbocycles. The van der Waals surface area contributed by atoms with Gasteiger partial charge in [0.05, 0.1) is 12.2 Å². The van der Waals surface area contributed by atoms with Crippen LogP contribution in [0, 0.1) is 5.82 Å². The molecule has 18 heavy (non-hydrogen) atoms. The van der Waals surface area contributed by atoms with E-state index >= 15 is 0 Å². The van der Waals surface area contributed by atoms with Crippen molar-refractivity contribution < 1.29 is 4.39 Å². The SMILES string of the molecule is NCC1CCNc2c(-c3ccc(F)cc3)cnn21. The lowest BCUT2D eigenvalue weighted by Gasteiger charge is -2.25. The molecule has 0 spiro atoms. The zero-order valence-corrected chi connectivity index (χ0v) is 9.94. The predicted molar refractivity (Wildman–Crippen MR) is 68.8 cm³/mol. The molecule has 3 N–H and O–H groups in total. The molecule has 5 heteroatoms.